The van der Waals surface area contributed by atoms with Gasteiger partial charge in [-0.3, -0.25) is 4.79 Å². The third kappa shape index (κ3) is 3.78. The van der Waals surface area contributed by atoms with Crippen LogP contribution in [-0.2, 0) is 19.1 Å². The van der Waals surface area contributed by atoms with Gasteiger partial charge in [-0.2, -0.15) is 0 Å². The summed E-state index contributed by atoms with van der Waals surface area (Å²) < 4.78 is 10.2. The normalized spacial score (nSPS) is 28.5. The molecular weight excluding hydrogens is 284 g/mol. The van der Waals surface area contributed by atoms with E-state index < -0.39 is 55.5 Å². The van der Waals surface area contributed by atoms with E-state index in [0.29, 0.717) is 6.42 Å². The summed E-state index contributed by atoms with van der Waals surface area (Å²) in [7, 11) is 0. The number of carbonyl (C=O) groups excluding carboxylic acids is 2. The van der Waals surface area contributed by atoms with Crippen LogP contribution < -0.4 is 0 Å². The highest BCUT2D eigenvalue weighted by Gasteiger charge is 2.60. The van der Waals surface area contributed by atoms with Crippen LogP contribution in [-0.4, -0.2) is 75.9 Å². The van der Waals surface area contributed by atoms with Crippen LogP contribution in [0.25, 0.3) is 0 Å². The third-order valence-corrected chi connectivity index (χ3v) is 3.49. The van der Waals surface area contributed by atoms with E-state index >= 15 is 0 Å². The summed E-state index contributed by atoms with van der Waals surface area (Å²) >= 11 is 0. The van der Waals surface area contributed by atoms with Crippen molar-refractivity contribution in [3.63, 3.8) is 0 Å². The Morgan fingerprint density at radius 3 is 2.48 bits per heavy atom. The first kappa shape index (κ1) is 18.0. The minimum Gasteiger partial charge on any atom is -0.447 e. The van der Waals surface area contributed by atoms with E-state index in [1.165, 1.54) is 0 Å². The van der Waals surface area contributed by atoms with E-state index in [2.05, 4.69) is 0 Å². The van der Waals surface area contributed by atoms with Gasteiger partial charge in [0.2, 0.25) is 0 Å². The molecule has 1 aliphatic heterocycles. The summed E-state index contributed by atoms with van der Waals surface area (Å²) in [6.07, 6.45) is -2.71. The van der Waals surface area contributed by atoms with Crippen LogP contribution in [0.1, 0.15) is 26.2 Å². The molecule has 1 fully saturated rings. The summed E-state index contributed by atoms with van der Waals surface area (Å²) in [5, 5.41) is 37.2. The molecule has 21 heavy (non-hydrogen) atoms. The number of unbranched alkanes of at least 4 members (excludes halogenated alkanes) is 1. The van der Waals surface area contributed by atoms with E-state index in [-0.39, 0.29) is 6.42 Å². The molecule has 8 nitrogen and oxygen atoms in total. The summed E-state index contributed by atoms with van der Waals surface area (Å²) in [6, 6.07) is 0. The van der Waals surface area contributed by atoms with Crippen LogP contribution >= 0.6 is 0 Å². The second-order valence-electron chi connectivity index (χ2n) is 5.06. The Morgan fingerprint density at radius 1 is 1.29 bits per heavy atom. The average molecular weight is 306 g/mol. The maximum absolute atomic E-state index is 11.9. The van der Waals surface area contributed by atoms with E-state index in [9.17, 15) is 24.9 Å². The van der Waals surface area contributed by atoms with Gasteiger partial charge in [0.15, 0.2) is 11.7 Å². The number of hydrogen-bond donors (Lipinski definition) is 4. The van der Waals surface area contributed by atoms with Crippen LogP contribution in [0, 0.1) is 0 Å². The van der Waals surface area contributed by atoms with Gasteiger partial charge in [-0.15, -0.1) is 0 Å². The number of ketones is 1. The molecule has 122 valence electrons. The molecular formula is C13H22O8. The largest absolute Gasteiger partial charge is 0.447 e. The van der Waals surface area contributed by atoms with Gasteiger partial charge in [0.25, 0.3) is 5.78 Å². The summed E-state index contributed by atoms with van der Waals surface area (Å²) in [4.78, 5) is 23.4. The zero-order valence-corrected chi connectivity index (χ0v) is 11.9. The Morgan fingerprint density at radius 2 is 1.95 bits per heavy atom. The Labute approximate surface area is 122 Å². The molecule has 1 saturated heterocycles. The molecule has 1 heterocycles. The van der Waals surface area contributed by atoms with Gasteiger partial charge >= 0.3 is 5.97 Å². The summed E-state index contributed by atoms with van der Waals surface area (Å²) in [6.45, 7) is 0.214. The lowest BCUT2D eigenvalue weighted by atomic mass is 9.85. The zero-order valence-electron chi connectivity index (χ0n) is 11.9. The summed E-state index contributed by atoms with van der Waals surface area (Å²) in [5.41, 5.74) is -1.66. The number of carbonyl (C=O) groups is 2. The quantitative estimate of drug-likeness (QED) is 0.288. The number of esters is 1. The number of aliphatic hydroxyl groups excluding tert-OH is 4. The van der Waals surface area contributed by atoms with E-state index in [4.69, 9.17) is 14.6 Å². The minimum atomic E-state index is -1.66. The van der Waals surface area contributed by atoms with Gasteiger partial charge < -0.3 is 29.9 Å². The fourth-order valence-corrected chi connectivity index (χ4v) is 2.28. The minimum absolute atomic E-state index is 0.141. The second kappa shape index (κ2) is 7.81. The lowest BCUT2D eigenvalue weighted by molar-refractivity contribution is -0.183. The number of hydrogen-bond acceptors (Lipinski definition) is 8. The number of aliphatic hydroxyl groups is 4. The molecule has 0 radical (unpaired) electrons. The van der Waals surface area contributed by atoms with E-state index in [0.717, 1.165) is 6.42 Å². The molecule has 8 heteroatoms. The van der Waals surface area contributed by atoms with Crippen molar-refractivity contribution in [2.45, 2.75) is 50.1 Å². The third-order valence-electron chi connectivity index (χ3n) is 3.49. The van der Waals surface area contributed by atoms with Crippen molar-refractivity contribution in [1.29, 1.82) is 0 Å². The first-order chi connectivity index (χ1) is 9.92. The highest BCUT2D eigenvalue weighted by Crippen LogP contribution is 2.35. The molecule has 0 bridgehead atoms. The van der Waals surface area contributed by atoms with Crippen LogP contribution in [0.4, 0.5) is 0 Å². The monoisotopic (exact) mass is 306 g/mol. The van der Waals surface area contributed by atoms with Gasteiger partial charge in [-0.25, -0.2) is 4.79 Å². The number of Topliss-reactive ketones (excluding diaryl/α,β-unsaturated/α-hetero) is 1. The van der Waals surface area contributed by atoms with E-state index in [1.807, 2.05) is 6.92 Å². The molecule has 0 amide bonds. The molecule has 1 rings (SSSR count). The Balaban J connectivity index is 2.99. The predicted octanol–water partition coefficient (Wildman–Crippen LogP) is -1.87. The predicted molar refractivity (Wildman–Crippen MR) is 69.3 cm³/mol. The van der Waals surface area contributed by atoms with Crippen LogP contribution in [0.5, 0.6) is 0 Å². The lowest BCUT2D eigenvalue weighted by Crippen LogP contribution is -2.54. The average Bonchev–Trinajstić information content (AvgIpc) is 2.74. The maximum Gasteiger partial charge on any atom is 0.378 e. The first-order valence-corrected chi connectivity index (χ1v) is 6.89. The zero-order chi connectivity index (χ0) is 16.0. The maximum atomic E-state index is 11.9. The molecule has 2 unspecified atom stereocenters. The van der Waals surface area contributed by atoms with Gasteiger partial charge in [0.1, 0.15) is 12.2 Å². The molecule has 4 N–H and O–H groups in total. The fourth-order valence-electron chi connectivity index (χ4n) is 2.28. The van der Waals surface area contributed by atoms with Gasteiger partial charge in [-0.05, 0) is 12.8 Å². The molecule has 1 aliphatic rings. The van der Waals surface area contributed by atoms with Crippen molar-refractivity contribution in [3.8, 4) is 0 Å². The molecule has 0 spiro atoms. The van der Waals surface area contributed by atoms with Crippen molar-refractivity contribution in [2.75, 3.05) is 19.8 Å². The van der Waals surface area contributed by atoms with Crippen molar-refractivity contribution < 1.29 is 39.5 Å². The molecule has 0 saturated carbocycles. The van der Waals surface area contributed by atoms with Crippen LogP contribution in [0.3, 0.4) is 0 Å². The number of rotatable bonds is 9. The molecule has 4 atom stereocenters. The highest BCUT2D eigenvalue weighted by molar-refractivity contribution is 6.37. The second-order valence-corrected chi connectivity index (χ2v) is 5.06. The van der Waals surface area contributed by atoms with Gasteiger partial charge in [0.05, 0.1) is 19.8 Å². The van der Waals surface area contributed by atoms with Crippen molar-refractivity contribution in [1.82, 2.24) is 0 Å². The fraction of sp³-hybridized carbons (Fsp3) is 0.846. The number of cyclic esters (lactones) is 1. The lowest BCUT2D eigenvalue weighted by Gasteiger charge is -2.35. The van der Waals surface area contributed by atoms with Crippen molar-refractivity contribution >= 4 is 11.8 Å². The van der Waals surface area contributed by atoms with Crippen molar-refractivity contribution in [3.05, 3.63) is 0 Å². The smallest absolute Gasteiger partial charge is 0.378 e. The Hall–Kier alpha value is -1.06. The first-order valence-electron chi connectivity index (χ1n) is 6.89. The van der Waals surface area contributed by atoms with Crippen LogP contribution in [0.15, 0.2) is 0 Å². The molecule has 0 aromatic carbocycles. The molecule has 0 aliphatic carbocycles. The highest BCUT2D eigenvalue weighted by atomic mass is 16.6. The SMILES string of the molecule is CCCC[C@]1([C@@H](O)CO)OC(=O)C(=O)C1OCC(O)CO. The molecule has 0 aromatic rings. The summed E-state index contributed by atoms with van der Waals surface area (Å²) in [5.74, 6) is -2.11. The Bertz CT molecular complexity index is 371. The van der Waals surface area contributed by atoms with Gasteiger partial charge in [-0.1, -0.05) is 13.3 Å². The van der Waals surface area contributed by atoms with Crippen molar-refractivity contribution in [2.24, 2.45) is 0 Å². The van der Waals surface area contributed by atoms with Gasteiger partial charge in [0, 0.05) is 0 Å². The van der Waals surface area contributed by atoms with E-state index in [1.54, 1.807) is 0 Å². The Kier molecular flexibility index (Phi) is 6.69. The standard InChI is InChI=1S/C13H22O8/c1-2-3-4-13(9(17)6-15)11(10(18)12(19)21-13)20-7-8(16)5-14/h8-9,11,14-17H,2-7H2,1H3/t8?,9-,11?,13+/m0/s1. The topological polar surface area (TPSA) is 134 Å². The molecule has 0 aromatic heterocycles. The van der Waals surface area contributed by atoms with Crippen LogP contribution in [0.2, 0.25) is 0 Å². The number of ether oxygens (including phenoxy) is 2.